The lowest BCUT2D eigenvalue weighted by atomic mass is 10.2. The average Bonchev–Trinajstić information content (AvgIpc) is 2.63. The Balaban J connectivity index is 2.13. The van der Waals surface area contributed by atoms with Crippen molar-refractivity contribution in [3.05, 3.63) is 34.9 Å². The van der Waals surface area contributed by atoms with E-state index in [1.54, 1.807) is 15.3 Å². The maximum Gasteiger partial charge on any atom is 0.350 e. The number of rotatable bonds is 5. The Hall–Kier alpha value is -1.10. The Labute approximate surface area is 102 Å². The lowest BCUT2D eigenvalue weighted by molar-refractivity contribution is 0.540. The fourth-order valence-corrected chi connectivity index (χ4v) is 2.04. The highest BCUT2D eigenvalue weighted by Crippen LogP contribution is 2.01. The molecule has 0 unspecified atom stereocenters. The number of aromatic nitrogens is 3. The molecule has 2 rings (SSSR count). The topological polar surface area (TPSA) is 39.3 Å². The minimum atomic E-state index is -0.0468. The van der Waals surface area contributed by atoms with Crippen LogP contribution < -0.4 is 5.69 Å². The van der Waals surface area contributed by atoms with Crippen LogP contribution in [0.4, 0.5) is 0 Å². The molecule has 0 bridgehead atoms. The first-order chi connectivity index (χ1) is 7.83. The van der Waals surface area contributed by atoms with Gasteiger partial charge in [-0.15, -0.1) is 5.10 Å². The number of aryl methyl sites for hydroxylation is 1. The number of unbranched alkanes of at least 4 members (excludes halogenated alkanes) is 2. The lowest BCUT2D eigenvalue weighted by Gasteiger charge is -1.97. The fourth-order valence-electron chi connectivity index (χ4n) is 1.65. The summed E-state index contributed by atoms with van der Waals surface area (Å²) in [5, 5.41) is 5.29. The molecule has 0 amide bonds. The van der Waals surface area contributed by atoms with Gasteiger partial charge in [0.1, 0.15) is 0 Å². The third-order valence-electron chi connectivity index (χ3n) is 2.49. The highest BCUT2D eigenvalue weighted by atomic mass is 79.9. The lowest BCUT2D eigenvalue weighted by Crippen LogP contribution is -2.21. The Kier molecular flexibility index (Phi) is 3.77. The second kappa shape index (κ2) is 5.30. The molecule has 0 N–H and O–H groups in total. The van der Waals surface area contributed by atoms with Gasteiger partial charge in [0.15, 0.2) is 5.65 Å². The predicted molar refractivity (Wildman–Crippen MR) is 67.1 cm³/mol. The zero-order chi connectivity index (χ0) is 11.4. The monoisotopic (exact) mass is 283 g/mol. The molecule has 0 aliphatic carbocycles. The quantitative estimate of drug-likeness (QED) is 0.623. The van der Waals surface area contributed by atoms with E-state index >= 15 is 0 Å². The van der Waals surface area contributed by atoms with Crippen molar-refractivity contribution in [3.8, 4) is 0 Å². The first-order valence-corrected chi connectivity index (χ1v) is 6.55. The van der Waals surface area contributed by atoms with Crippen molar-refractivity contribution in [2.45, 2.75) is 25.8 Å². The van der Waals surface area contributed by atoms with Gasteiger partial charge in [-0.05, 0) is 25.0 Å². The Bertz CT molecular complexity index is 517. The number of hydrogen-bond donors (Lipinski definition) is 0. The molecular weight excluding hydrogens is 270 g/mol. The van der Waals surface area contributed by atoms with Crippen molar-refractivity contribution < 1.29 is 0 Å². The molecule has 0 fully saturated rings. The smallest absolute Gasteiger partial charge is 0.250 e. The molecule has 0 aliphatic rings. The zero-order valence-electron chi connectivity index (χ0n) is 8.97. The summed E-state index contributed by atoms with van der Waals surface area (Å²) in [5.74, 6) is 0. The SMILES string of the molecule is O=c1n(CCCCCBr)nc2ccccn12. The second-order valence-corrected chi connectivity index (χ2v) is 4.48. The molecule has 2 aromatic heterocycles. The van der Waals surface area contributed by atoms with Gasteiger partial charge in [-0.1, -0.05) is 28.4 Å². The van der Waals surface area contributed by atoms with E-state index in [1.165, 1.54) is 0 Å². The molecule has 0 spiro atoms. The van der Waals surface area contributed by atoms with E-state index in [1.807, 2.05) is 18.2 Å². The summed E-state index contributed by atoms with van der Waals surface area (Å²) in [6.07, 6.45) is 5.00. The Morgan fingerprint density at radius 3 is 2.88 bits per heavy atom. The molecule has 16 heavy (non-hydrogen) atoms. The molecule has 2 heterocycles. The van der Waals surface area contributed by atoms with E-state index in [2.05, 4.69) is 21.0 Å². The van der Waals surface area contributed by atoms with E-state index < -0.39 is 0 Å². The van der Waals surface area contributed by atoms with Gasteiger partial charge < -0.3 is 0 Å². The largest absolute Gasteiger partial charge is 0.350 e. The van der Waals surface area contributed by atoms with E-state index in [-0.39, 0.29) is 5.69 Å². The van der Waals surface area contributed by atoms with Crippen LogP contribution in [0.5, 0.6) is 0 Å². The molecule has 0 radical (unpaired) electrons. The van der Waals surface area contributed by atoms with Gasteiger partial charge in [-0.3, -0.25) is 4.40 Å². The van der Waals surface area contributed by atoms with Crippen LogP contribution >= 0.6 is 15.9 Å². The van der Waals surface area contributed by atoms with Crippen LogP contribution in [0.3, 0.4) is 0 Å². The van der Waals surface area contributed by atoms with Crippen molar-refractivity contribution in [1.29, 1.82) is 0 Å². The normalized spacial score (nSPS) is 11.1. The summed E-state index contributed by atoms with van der Waals surface area (Å²) >= 11 is 3.39. The Morgan fingerprint density at radius 1 is 1.25 bits per heavy atom. The van der Waals surface area contributed by atoms with Crippen LogP contribution in [-0.2, 0) is 6.54 Å². The number of pyridine rings is 1. The minimum absolute atomic E-state index is 0.0468. The van der Waals surface area contributed by atoms with Crippen molar-refractivity contribution in [1.82, 2.24) is 14.2 Å². The molecule has 86 valence electrons. The molecule has 5 heteroatoms. The number of halogens is 1. The molecular formula is C11H14BrN3O. The van der Waals surface area contributed by atoms with Crippen molar-refractivity contribution in [2.24, 2.45) is 0 Å². The van der Waals surface area contributed by atoms with Crippen LogP contribution in [0.2, 0.25) is 0 Å². The molecule has 0 aliphatic heterocycles. The Morgan fingerprint density at radius 2 is 2.12 bits per heavy atom. The third-order valence-corrected chi connectivity index (χ3v) is 3.05. The maximum atomic E-state index is 11.8. The number of fused-ring (bicyclic) bond motifs is 1. The first kappa shape index (κ1) is 11.4. The first-order valence-electron chi connectivity index (χ1n) is 5.43. The zero-order valence-corrected chi connectivity index (χ0v) is 10.6. The number of nitrogens with zero attached hydrogens (tertiary/aromatic N) is 3. The summed E-state index contributed by atoms with van der Waals surface area (Å²) in [5.41, 5.74) is 0.669. The summed E-state index contributed by atoms with van der Waals surface area (Å²) in [6.45, 7) is 0.702. The molecule has 0 saturated heterocycles. The summed E-state index contributed by atoms with van der Waals surface area (Å²) in [7, 11) is 0. The number of hydrogen-bond acceptors (Lipinski definition) is 2. The van der Waals surface area contributed by atoms with Crippen molar-refractivity contribution >= 4 is 21.6 Å². The van der Waals surface area contributed by atoms with Crippen LogP contribution in [0, 0.1) is 0 Å². The van der Waals surface area contributed by atoms with Crippen LogP contribution in [0.15, 0.2) is 29.2 Å². The second-order valence-electron chi connectivity index (χ2n) is 3.68. The molecule has 4 nitrogen and oxygen atoms in total. The molecule has 0 aromatic carbocycles. The van der Waals surface area contributed by atoms with Gasteiger partial charge in [0, 0.05) is 18.1 Å². The third kappa shape index (κ3) is 2.35. The average molecular weight is 284 g/mol. The van der Waals surface area contributed by atoms with Crippen LogP contribution in [-0.4, -0.2) is 19.5 Å². The van der Waals surface area contributed by atoms with E-state index in [4.69, 9.17) is 0 Å². The van der Waals surface area contributed by atoms with Gasteiger partial charge in [0.2, 0.25) is 0 Å². The van der Waals surface area contributed by atoms with Gasteiger partial charge >= 0.3 is 5.69 Å². The van der Waals surface area contributed by atoms with Crippen LogP contribution in [0.25, 0.3) is 5.65 Å². The summed E-state index contributed by atoms with van der Waals surface area (Å²) in [4.78, 5) is 11.8. The van der Waals surface area contributed by atoms with E-state index in [0.717, 1.165) is 24.6 Å². The number of alkyl halides is 1. The van der Waals surface area contributed by atoms with E-state index in [0.29, 0.717) is 12.2 Å². The van der Waals surface area contributed by atoms with Gasteiger partial charge in [-0.2, -0.15) is 0 Å². The van der Waals surface area contributed by atoms with Gasteiger partial charge in [0.25, 0.3) is 0 Å². The standard InChI is InChI=1S/C11H14BrN3O/c12-7-3-1-4-9-15-11(16)14-8-5-2-6-10(14)13-15/h2,5-6,8H,1,3-4,7,9H2. The fraction of sp³-hybridized carbons (Fsp3) is 0.455. The maximum absolute atomic E-state index is 11.8. The van der Waals surface area contributed by atoms with Crippen molar-refractivity contribution in [3.63, 3.8) is 0 Å². The summed E-state index contributed by atoms with van der Waals surface area (Å²) < 4.78 is 3.12. The minimum Gasteiger partial charge on any atom is -0.250 e. The van der Waals surface area contributed by atoms with Crippen LogP contribution in [0.1, 0.15) is 19.3 Å². The molecule has 2 aromatic rings. The predicted octanol–water partition coefficient (Wildman–Crippen LogP) is 2.06. The van der Waals surface area contributed by atoms with Gasteiger partial charge in [0.05, 0.1) is 0 Å². The molecule has 0 atom stereocenters. The molecule has 0 saturated carbocycles. The summed E-state index contributed by atoms with van der Waals surface area (Å²) in [6, 6.07) is 5.57. The van der Waals surface area contributed by atoms with E-state index in [9.17, 15) is 4.79 Å². The van der Waals surface area contributed by atoms with Gasteiger partial charge in [-0.25, -0.2) is 9.48 Å². The highest BCUT2D eigenvalue weighted by molar-refractivity contribution is 9.09. The van der Waals surface area contributed by atoms with Crippen molar-refractivity contribution in [2.75, 3.05) is 5.33 Å². The highest BCUT2D eigenvalue weighted by Gasteiger charge is 2.04.